The van der Waals surface area contributed by atoms with Crippen LogP contribution in [0.5, 0.6) is 0 Å². The molecule has 0 spiro atoms. The number of anilines is 1. The molecule has 0 fully saturated rings. The van der Waals surface area contributed by atoms with Crippen molar-refractivity contribution < 1.29 is 0 Å². The molecule has 1 aromatic carbocycles. The predicted octanol–water partition coefficient (Wildman–Crippen LogP) is 3.74. The third-order valence-electron chi connectivity index (χ3n) is 3.89. The first-order valence-electron chi connectivity index (χ1n) is 7.16. The van der Waals surface area contributed by atoms with Gasteiger partial charge in [0.25, 0.3) is 0 Å². The SMILES string of the molecule is CCc1ccccc1CNc1ccc2c(n1)CCC2. The van der Waals surface area contributed by atoms with Gasteiger partial charge in [-0.25, -0.2) is 4.98 Å². The number of nitrogens with one attached hydrogen (secondary N) is 1. The van der Waals surface area contributed by atoms with Gasteiger partial charge in [0.2, 0.25) is 0 Å². The second-order valence-electron chi connectivity index (χ2n) is 5.13. The van der Waals surface area contributed by atoms with E-state index in [1.165, 1.54) is 35.2 Å². The molecule has 0 radical (unpaired) electrons. The molecule has 0 saturated heterocycles. The van der Waals surface area contributed by atoms with Gasteiger partial charge in [0.15, 0.2) is 0 Å². The lowest BCUT2D eigenvalue weighted by atomic mass is 10.1. The summed E-state index contributed by atoms with van der Waals surface area (Å²) in [7, 11) is 0. The highest BCUT2D eigenvalue weighted by Crippen LogP contribution is 2.22. The molecule has 0 aliphatic heterocycles. The Bertz CT molecular complexity index is 575. The van der Waals surface area contributed by atoms with E-state index in [9.17, 15) is 0 Å². The van der Waals surface area contributed by atoms with E-state index >= 15 is 0 Å². The maximum Gasteiger partial charge on any atom is 0.126 e. The first-order valence-corrected chi connectivity index (χ1v) is 7.16. The molecular weight excluding hydrogens is 232 g/mol. The Morgan fingerprint density at radius 3 is 2.74 bits per heavy atom. The van der Waals surface area contributed by atoms with Crippen molar-refractivity contribution >= 4 is 5.82 Å². The lowest BCUT2D eigenvalue weighted by Gasteiger charge is -2.10. The van der Waals surface area contributed by atoms with Crippen molar-refractivity contribution in [1.82, 2.24) is 4.98 Å². The molecule has 0 amide bonds. The molecule has 3 rings (SSSR count). The highest BCUT2D eigenvalue weighted by molar-refractivity contribution is 5.42. The molecule has 2 nitrogen and oxygen atoms in total. The first kappa shape index (κ1) is 12.2. The van der Waals surface area contributed by atoms with E-state index in [0.29, 0.717) is 0 Å². The summed E-state index contributed by atoms with van der Waals surface area (Å²) in [6.07, 6.45) is 4.66. The fourth-order valence-corrected chi connectivity index (χ4v) is 2.78. The van der Waals surface area contributed by atoms with E-state index in [-0.39, 0.29) is 0 Å². The first-order chi connectivity index (χ1) is 9.36. The maximum absolute atomic E-state index is 4.71. The van der Waals surface area contributed by atoms with Gasteiger partial charge >= 0.3 is 0 Å². The standard InChI is InChI=1S/C17H20N2/c1-2-13-6-3-4-7-15(13)12-18-17-11-10-14-8-5-9-16(14)19-17/h3-4,6-7,10-11H,2,5,8-9,12H2,1H3,(H,18,19). The van der Waals surface area contributed by atoms with Gasteiger partial charge in [-0.05, 0) is 48.4 Å². The maximum atomic E-state index is 4.71. The van der Waals surface area contributed by atoms with Crippen LogP contribution in [0.15, 0.2) is 36.4 Å². The van der Waals surface area contributed by atoms with E-state index in [1.807, 2.05) is 0 Å². The highest BCUT2D eigenvalue weighted by atomic mass is 15.0. The minimum Gasteiger partial charge on any atom is -0.366 e. The van der Waals surface area contributed by atoms with Gasteiger partial charge in [-0.1, -0.05) is 37.3 Å². The summed E-state index contributed by atoms with van der Waals surface area (Å²) in [6, 6.07) is 12.9. The summed E-state index contributed by atoms with van der Waals surface area (Å²) < 4.78 is 0. The zero-order valence-corrected chi connectivity index (χ0v) is 11.4. The van der Waals surface area contributed by atoms with Crippen LogP contribution in [0, 0.1) is 0 Å². The summed E-state index contributed by atoms with van der Waals surface area (Å²) >= 11 is 0. The number of nitrogens with zero attached hydrogens (tertiary/aromatic N) is 1. The van der Waals surface area contributed by atoms with Crippen LogP contribution in [0.1, 0.15) is 35.7 Å². The second-order valence-corrected chi connectivity index (χ2v) is 5.13. The molecule has 1 aliphatic rings. The van der Waals surface area contributed by atoms with E-state index in [1.54, 1.807) is 0 Å². The molecule has 0 unspecified atom stereocenters. The molecule has 1 N–H and O–H groups in total. The number of hydrogen-bond acceptors (Lipinski definition) is 2. The number of aromatic nitrogens is 1. The van der Waals surface area contributed by atoms with Crippen LogP contribution in [0.4, 0.5) is 5.82 Å². The zero-order valence-electron chi connectivity index (χ0n) is 11.4. The normalized spacial score (nSPS) is 13.3. The summed E-state index contributed by atoms with van der Waals surface area (Å²) in [4.78, 5) is 4.71. The molecule has 0 atom stereocenters. The van der Waals surface area contributed by atoms with E-state index in [2.05, 4.69) is 48.6 Å². The molecule has 19 heavy (non-hydrogen) atoms. The molecule has 1 heterocycles. The van der Waals surface area contributed by atoms with Crippen molar-refractivity contribution in [1.29, 1.82) is 0 Å². The van der Waals surface area contributed by atoms with Gasteiger partial charge in [-0.2, -0.15) is 0 Å². The third-order valence-corrected chi connectivity index (χ3v) is 3.89. The molecule has 2 aromatic rings. The molecule has 98 valence electrons. The Labute approximate surface area is 114 Å². The van der Waals surface area contributed by atoms with Crippen molar-refractivity contribution in [2.45, 2.75) is 39.2 Å². The Kier molecular flexibility index (Phi) is 3.49. The minimum atomic E-state index is 0.857. The second kappa shape index (κ2) is 5.43. The average molecular weight is 252 g/mol. The van der Waals surface area contributed by atoms with Crippen molar-refractivity contribution in [2.24, 2.45) is 0 Å². The number of benzene rings is 1. The number of aryl methyl sites for hydroxylation is 3. The summed E-state index contributed by atoms with van der Waals surface area (Å²) in [5, 5.41) is 3.45. The molecule has 1 aromatic heterocycles. The lowest BCUT2D eigenvalue weighted by molar-refractivity contribution is 0.899. The van der Waals surface area contributed by atoms with Crippen molar-refractivity contribution in [2.75, 3.05) is 5.32 Å². The fourth-order valence-electron chi connectivity index (χ4n) is 2.78. The fraction of sp³-hybridized carbons (Fsp3) is 0.353. The van der Waals surface area contributed by atoms with Crippen molar-refractivity contribution in [3.63, 3.8) is 0 Å². The van der Waals surface area contributed by atoms with Crippen LogP contribution >= 0.6 is 0 Å². The van der Waals surface area contributed by atoms with Crippen LogP contribution in [-0.2, 0) is 25.8 Å². The predicted molar refractivity (Wildman–Crippen MR) is 79.4 cm³/mol. The van der Waals surface area contributed by atoms with Crippen LogP contribution in [0.25, 0.3) is 0 Å². The Morgan fingerprint density at radius 1 is 1.05 bits per heavy atom. The monoisotopic (exact) mass is 252 g/mol. The Morgan fingerprint density at radius 2 is 1.89 bits per heavy atom. The number of rotatable bonds is 4. The molecular formula is C17H20N2. The quantitative estimate of drug-likeness (QED) is 0.896. The summed E-state index contributed by atoms with van der Waals surface area (Å²) in [6.45, 7) is 3.06. The van der Waals surface area contributed by atoms with Crippen LogP contribution < -0.4 is 5.32 Å². The third kappa shape index (κ3) is 2.62. The van der Waals surface area contributed by atoms with Gasteiger partial charge in [0.1, 0.15) is 5.82 Å². The largest absolute Gasteiger partial charge is 0.366 e. The van der Waals surface area contributed by atoms with Gasteiger partial charge in [-0.3, -0.25) is 0 Å². The van der Waals surface area contributed by atoms with Crippen molar-refractivity contribution in [3.05, 3.63) is 58.8 Å². The Balaban J connectivity index is 1.72. The summed E-state index contributed by atoms with van der Waals surface area (Å²) in [5.74, 6) is 1.01. The van der Waals surface area contributed by atoms with E-state index < -0.39 is 0 Å². The Hall–Kier alpha value is -1.83. The zero-order chi connectivity index (χ0) is 13.1. The van der Waals surface area contributed by atoms with Gasteiger partial charge in [0.05, 0.1) is 0 Å². The smallest absolute Gasteiger partial charge is 0.126 e. The average Bonchev–Trinajstić information content (AvgIpc) is 2.93. The molecule has 0 bridgehead atoms. The highest BCUT2D eigenvalue weighted by Gasteiger charge is 2.12. The van der Waals surface area contributed by atoms with Gasteiger partial charge in [-0.15, -0.1) is 0 Å². The molecule has 1 aliphatic carbocycles. The summed E-state index contributed by atoms with van der Waals surface area (Å²) in [5.41, 5.74) is 5.50. The molecule has 0 saturated carbocycles. The molecule has 2 heteroatoms. The number of fused-ring (bicyclic) bond motifs is 1. The van der Waals surface area contributed by atoms with E-state index in [0.717, 1.165) is 25.2 Å². The lowest BCUT2D eigenvalue weighted by Crippen LogP contribution is -2.05. The number of hydrogen-bond donors (Lipinski definition) is 1. The van der Waals surface area contributed by atoms with Gasteiger partial charge in [0, 0.05) is 12.2 Å². The van der Waals surface area contributed by atoms with Crippen LogP contribution in [0.3, 0.4) is 0 Å². The van der Waals surface area contributed by atoms with Crippen molar-refractivity contribution in [3.8, 4) is 0 Å². The number of pyridine rings is 1. The van der Waals surface area contributed by atoms with Crippen LogP contribution in [-0.4, -0.2) is 4.98 Å². The van der Waals surface area contributed by atoms with E-state index in [4.69, 9.17) is 4.98 Å². The van der Waals surface area contributed by atoms with Crippen LogP contribution in [0.2, 0.25) is 0 Å². The minimum absolute atomic E-state index is 0.857. The van der Waals surface area contributed by atoms with Gasteiger partial charge < -0.3 is 5.32 Å². The topological polar surface area (TPSA) is 24.9 Å².